The molecule has 0 heterocycles. The third-order valence-electron chi connectivity index (χ3n) is 3.60. The molecule has 120 valence electrons. The van der Waals surface area contributed by atoms with E-state index in [-0.39, 0.29) is 18.1 Å². The number of rotatable bonds is 6. The largest absolute Gasteiger partial charge is 0.490 e. The van der Waals surface area contributed by atoms with Gasteiger partial charge in [-0.15, -0.1) is 0 Å². The molecule has 1 rings (SSSR count). The predicted octanol–water partition coefficient (Wildman–Crippen LogP) is 4.01. The van der Waals surface area contributed by atoms with Crippen LogP contribution < -0.4 is 10.1 Å². The quantitative estimate of drug-likeness (QED) is 0.833. The molecular weight excluding hydrogens is 286 g/mol. The van der Waals surface area contributed by atoms with Gasteiger partial charge >= 0.3 is 0 Å². The van der Waals surface area contributed by atoms with Crippen molar-refractivity contribution in [1.82, 2.24) is 5.32 Å². The first kappa shape index (κ1) is 18.3. The smallest absolute Gasteiger partial charge is 0.124 e. The Morgan fingerprint density at radius 3 is 2.38 bits per heavy atom. The number of hydrogen-bond donors (Lipinski definition) is 2. The minimum absolute atomic E-state index is 0.0169. The molecule has 1 aromatic rings. The number of hydrogen-bond acceptors (Lipinski definition) is 3. The lowest BCUT2D eigenvalue weighted by atomic mass is 9.94. The highest BCUT2D eigenvalue weighted by molar-refractivity contribution is 6.30. The molecule has 0 aliphatic rings. The summed E-state index contributed by atoms with van der Waals surface area (Å²) in [6, 6.07) is 5.57. The summed E-state index contributed by atoms with van der Waals surface area (Å²) in [5.74, 6) is 0.887. The minimum Gasteiger partial charge on any atom is -0.490 e. The van der Waals surface area contributed by atoms with Crippen molar-refractivity contribution in [3.05, 3.63) is 28.8 Å². The molecule has 4 heteroatoms. The molecule has 0 bridgehead atoms. The van der Waals surface area contributed by atoms with Crippen LogP contribution >= 0.6 is 11.6 Å². The number of ether oxygens (including phenoxy) is 1. The van der Waals surface area contributed by atoms with Crippen molar-refractivity contribution in [2.45, 2.75) is 59.2 Å². The van der Waals surface area contributed by atoms with Crippen LogP contribution in [0.15, 0.2) is 18.2 Å². The molecule has 0 saturated heterocycles. The number of nitrogens with one attached hydrogen (secondary N) is 1. The standard InChI is InChI=1S/C17H28ClNO2/c1-12(2)17(6,20)11-21-15-8-7-14(18)9-13(15)10-19-16(3,4)5/h7-9,12,19-20H,10-11H2,1-6H3. The van der Waals surface area contributed by atoms with Crippen LogP contribution in [-0.2, 0) is 6.54 Å². The summed E-state index contributed by atoms with van der Waals surface area (Å²) in [6.45, 7) is 13.0. The van der Waals surface area contributed by atoms with Gasteiger partial charge in [-0.25, -0.2) is 0 Å². The minimum atomic E-state index is -0.853. The van der Waals surface area contributed by atoms with Gasteiger partial charge in [0, 0.05) is 22.7 Å². The molecule has 0 aliphatic heterocycles. The van der Waals surface area contributed by atoms with E-state index >= 15 is 0 Å². The number of benzene rings is 1. The lowest BCUT2D eigenvalue weighted by molar-refractivity contribution is -0.0269. The first-order chi connectivity index (χ1) is 9.51. The molecule has 0 fully saturated rings. The summed E-state index contributed by atoms with van der Waals surface area (Å²) in [5.41, 5.74) is 0.161. The summed E-state index contributed by atoms with van der Waals surface area (Å²) < 4.78 is 5.83. The Kier molecular flexibility index (Phi) is 6.09. The van der Waals surface area contributed by atoms with Crippen molar-refractivity contribution in [3.8, 4) is 5.75 Å². The van der Waals surface area contributed by atoms with Crippen molar-refractivity contribution in [2.75, 3.05) is 6.61 Å². The zero-order chi connectivity index (χ0) is 16.3. The van der Waals surface area contributed by atoms with Crippen LogP contribution in [0, 0.1) is 5.92 Å². The molecule has 0 aromatic heterocycles. The number of halogens is 1. The average Bonchev–Trinajstić information content (AvgIpc) is 2.34. The zero-order valence-corrected chi connectivity index (χ0v) is 14.7. The Morgan fingerprint density at radius 2 is 1.86 bits per heavy atom. The molecule has 1 unspecified atom stereocenters. The normalized spacial score (nSPS) is 15.1. The Labute approximate surface area is 133 Å². The molecule has 1 atom stereocenters. The highest BCUT2D eigenvalue weighted by atomic mass is 35.5. The fraction of sp³-hybridized carbons (Fsp3) is 0.647. The topological polar surface area (TPSA) is 41.5 Å². The second-order valence-electron chi connectivity index (χ2n) is 7.16. The SMILES string of the molecule is CC(C)C(C)(O)COc1ccc(Cl)cc1CNC(C)(C)C. The molecule has 0 saturated carbocycles. The molecule has 0 radical (unpaired) electrons. The lowest BCUT2D eigenvalue weighted by Crippen LogP contribution is -2.38. The van der Waals surface area contributed by atoms with E-state index < -0.39 is 5.60 Å². The maximum Gasteiger partial charge on any atom is 0.124 e. The zero-order valence-electron chi connectivity index (χ0n) is 14.0. The summed E-state index contributed by atoms with van der Waals surface area (Å²) in [6.07, 6.45) is 0. The maximum atomic E-state index is 10.3. The van der Waals surface area contributed by atoms with E-state index in [1.807, 2.05) is 32.0 Å². The molecule has 1 aromatic carbocycles. The fourth-order valence-electron chi connectivity index (χ4n) is 1.58. The highest BCUT2D eigenvalue weighted by Crippen LogP contribution is 2.25. The maximum absolute atomic E-state index is 10.3. The van der Waals surface area contributed by atoms with Gasteiger partial charge in [0.25, 0.3) is 0 Å². The van der Waals surface area contributed by atoms with E-state index in [4.69, 9.17) is 16.3 Å². The Hall–Kier alpha value is -0.770. The van der Waals surface area contributed by atoms with E-state index in [1.54, 1.807) is 6.92 Å². The van der Waals surface area contributed by atoms with Crippen molar-refractivity contribution >= 4 is 11.6 Å². The average molecular weight is 314 g/mol. The summed E-state index contributed by atoms with van der Waals surface area (Å²) >= 11 is 6.07. The number of aliphatic hydroxyl groups is 1. The lowest BCUT2D eigenvalue weighted by Gasteiger charge is -2.28. The van der Waals surface area contributed by atoms with Crippen molar-refractivity contribution in [1.29, 1.82) is 0 Å². The third kappa shape index (κ3) is 6.25. The van der Waals surface area contributed by atoms with E-state index in [1.165, 1.54) is 0 Å². The van der Waals surface area contributed by atoms with E-state index in [2.05, 4.69) is 26.1 Å². The van der Waals surface area contributed by atoms with Gasteiger partial charge in [-0.2, -0.15) is 0 Å². The second kappa shape index (κ2) is 6.99. The first-order valence-corrected chi connectivity index (χ1v) is 7.78. The molecule has 0 spiro atoms. The van der Waals surface area contributed by atoms with Crippen LogP contribution in [0.1, 0.15) is 47.1 Å². The Balaban J connectivity index is 2.82. The van der Waals surface area contributed by atoms with Gasteiger partial charge in [0.05, 0.1) is 5.60 Å². The van der Waals surface area contributed by atoms with Gasteiger partial charge < -0.3 is 15.2 Å². The monoisotopic (exact) mass is 313 g/mol. The Bertz CT molecular complexity index is 464. The highest BCUT2D eigenvalue weighted by Gasteiger charge is 2.26. The van der Waals surface area contributed by atoms with Crippen molar-refractivity contribution < 1.29 is 9.84 Å². The van der Waals surface area contributed by atoms with Crippen LogP contribution in [0.2, 0.25) is 5.02 Å². The van der Waals surface area contributed by atoms with Gasteiger partial charge in [0.15, 0.2) is 0 Å². The van der Waals surface area contributed by atoms with Crippen molar-refractivity contribution in [2.24, 2.45) is 5.92 Å². The predicted molar refractivity (Wildman–Crippen MR) is 89.0 cm³/mol. The van der Waals surface area contributed by atoms with Crippen LogP contribution in [0.5, 0.6) is 5.75 Å². The summed E-state index contributed by atoms with van der Waals surface area (Å²) in [7, 11) is 0. The van der Waals surface area contributed by atoms with Crippen molar-refractivity contribution in [3.63, 3.8) is 0 Å². The summed E-state index contributed by atoms with van der Waals surface area (Å²) in [4.78, 5) is 0. The van der Waals surface area contributed by atoms with Gasteiger partial charge in [-0.1, -0.05) is 25.4 Å². The molecule has 21 heavy (non-hydrogen) atoms. The molecule has 0 amide bonds. The first-order valence-electron chi connectivity index (χ1n) is 7.40. The van der Waals surface area contributed by atoms with Gasteiger partial charge in [0.2, 0.25) is 0 Å². The molecule has 2 N–H and O–H groups in total. The van der Waals surface area contributed by atoms with Gasteiger partial charge in [0.1, 0.15) is 12.4 Å². The van der Waals surface area contributed by atoms with E-state index in [9.17, 15) is 5.11 Å². The molecular formula is C17H28ClNO2. The molecule has 0 aliphatic carbocycles. The van der Waals surface area contributed by atoms with Crippen LogP contribution in [-0.4, -0.2) is 22.9 Å². The Morgan fingerprint density at radius 1 is 1.24 bits per heavy atom. The van der Waals surface area contributed by atoms with Crippen LogP contribution in [0.4, 0.5) is 0 Å². The van der Waals surface area contributed by atoms with Crippen LogP contribution in [0.3, 0.4) is 0 Å². The second-order valence-corrected chi connectivity index (χ2v) is 7.59. The molecule has 3 nitrogen and oxygen atoms in total. The van der Waals surface area contributed by atoms with Gasteiger partial charge in [-0.05, 0) is 51.8 Å². The van der Waals surface area contributed by atoms with E-state index in [0.29, 0.717) is 11.6 Å². The third-order valence-corrected chi connectivity index (χ3v) is 3.83. The van der Waals surface area contributed by atoms with Crippen LogP contribution in [0.25, 0.3) is 0 Å². The fourth-order valence-corrected chi connectivity index (χ4v) is 1.77. The summed E-state index contributed by atoms with van der Waals surface area (Å²) in [5, 5.41) is 14.4. The van der Waals surface area contributed by atoms with Gasteiger partial charge in [-0.3, -0.25) is 0 Å². The van der Waals surface area contributed by atoms with E-state index in [0.717, 1.165) is 11.3 Å².